The van der Waals surface area contributed by atoms with Crippen LogP contribution in [0.3, 0.4) is 0 Å². The fourth-order valence-electron chi connectivity index (χ4n) is 1.72. The molecule has 0 unspecified atom stereocenters. The number of nitro benzene ring substituents is 3. The molecule has 0 radical (unpaired) electrons. The first-order valence-corrected chi connectivity index (χ1v) is 4.77. The van der Waals surface area contributed by atoms with Crippen LogP contribution >= 0.6 is 0 Å². The average molecular weight is 255 g/mol. The molecule has 0 heterocycles. The Morgan fingerprint density at radius 2 is 0.889 bits per heavy atom. The van der Waals surface area contributed by atoms with E-state index in [2.05, 4.69) is 0 Å². The van der Waals surface area contributed by atoms with Crippen molar-refractivity contribution in [3.8, 4) is 0 Å². The maximum atomic E-state index is 10.9. The van der Waals surface area contributed by atoms with Gasteiger partial charge in [0.2, 0.25) is 0 Å². The number of benzene rings is 1. The number of rotatable bonds is 3. The van der Waals surface area contributed by atoms with Gasteiger partial charge >= 0.3 is 17.1 Å². The minimum Gasteiger partial charge on any atom is -0.258 e. The third-order valence-corrected chi connectivity index (χ3v) is 2.83. The molecule has 0 saturated heterocycles. The summed E-state index contributed by atoms with van der Waals surface area (Å²) >= 11 is 0. The molecular weight excluding hydrogens is 246 g/mol. The second kappa shape index (κ2) is 4.35. The first-order valence-electron chi connectivity index (χ1n) is 4.77. The summed E-state index contributed by atoms with van der Waals surface area (Å²) in [5, 5.41) is 32.6. The predicted molar refractivity (Wildman–Crippen MR) is 60.6 cm³/mol. The zero-order valence-electron chi connectivity index (χ0n) is 9.79. The van der Waals surface area contributed by atoms with Crippen molar-refractivity contribution in [3.63, 3.8) is 0 Å². The van der Waals surface area contributed by atoms with Crippen molar-refractivity contribution in [2.24, 2.45) is 0 Å². The lowest BCUT2D eigenvalue weighted by molar-refractivity contribution is -0.441. The van der Waals surface area contributed by atoms with Gasteiger partial charge in [-0.2, -0.15) is 0 Å². The van der Waals surface area contributed by atoms with Gasteiger partial charge in [0.25, 0.3) is 0 Å². The summed E-state index contributed by atoms with van der Waals surface area (Å²) in [6.07, 6.45) is 0. The second-order valence-corrected chi connectivity index (χ2v) is 3.69. The summed E-state index contributed by atoms with van der Waals surface area (Å²) < 4.78 is 0. The van der Waals surface area contributed by atoms with Gasteiger partial charge in [0, 0.05) is 11.1 Å². The largest absolute Gasteiger partial charge is 0.422 e. The summed E-state index contributed by atoms with van der Waals surface area (Å²) in [5.41, 5.74) is -2.28. The molecule has 1 rings (SSSR count). The summed E-state index contributed by atoms with van der Waals surface area (Å²) in [6.45, 7) is 4.11. The lowest BCUT2D eigenvalue weighted by Gasteiger charge is -2.07. The molecule has 1 aromatic rings. The molecule has 1 aromatic carbocycles. The molecular formula is C9H9N3O6. The van der Waals surface area contributed by atoms with Crippen molar-refractivity contribution in [2.45, 2.75) is 20.8 Å². The molecule has 0 aromatic heterocycles. The van der Waals surface area contributed by atoms with Crippen LogP contribution in [0.1, 0.15) is 16.7 Å². The molecule has 0 bridgehead atoms. The second-order valence-electron chi connectivity index (χ2n) is 3.69. The van der Waals surface area contributed by atoms with Gasteiger partial charge in [0.15, 0.2) is 0 Å². The highest BCUT2D eigenvalue weighted by Gasteiger charge is 2.40. The predicted octanol–water partition coefficient (Wildman–Crippen LogP) is 2.34. The van der Waals surface area contributed by atoms with E-state index in [0.29, 0.717) is 5.56 Å². The Bertz CT molecular complexity index is 539. The molecule has 0 N–H and O–H groups in total. The van der Waals surface area contributed by atoms with E-state index in [1.54, 1.807) is 0 Å². The minimum atomic E-state index is -1.09. The maximum Gasteiger partial charge on any atom is 0.422 e. The molecule has 0 spiro atoms. The van der Waals surface area contributed by atoms with Crippen molar-refractivity contribution >= 4 is 17.1 Å². The monoisotopic (exact) mass is 255 g/mol. The lowest BCUT2D eigenvalue weighted by atomic mass is 9.99. The molecule has 9 heteroatoms. The van der Waals surface area contributed by atoms with Gasteiger partial charge in [-0.3, -0.25) is 30.3 Å². The van der Waals surface area contributed by atoms with E-state index in [-0.39, 0.29) is 11.1 Å². The summed E-state index contributed by atoms with van der Waals surface area (Å²) in [4.78, 5) is 29.6. The van der Waals surface area contributed by atoms with Crippen LogP contribution in [0.2, 0.25) is 0 Å². The minimum absolute atomic E-state index is 0.0646. The van der Waals surface area contributed by atoms with E-state index in [4.69, 9.17) is 0 Å². The van der Waals surface area contributed by atoms with Crippen LogP contribution in [0.4, 0.5) is 17.1 Å². The normalized spacial score (nSPS) is 10.2. The quantitative estimate of drug-likeness (QED) is 0.601. The third-order valence-electron chi connectivity index (χ3n) is 2.83. The summed E-state index contributed by atoms with van der Waals surface area (Å²) in [5.74, 6) is 0. The van der Waals surface area contributed by atoms with Gasteiger partial charge in [-0.1, -0.05) is 0 Å². The Kier molecular flexibility index (Phi) is 3.26. The van der Waals surface area contributed by atoms with Crippen molar-refractivity contribution < 1.29 is 14.8 Å². The van der Waals surface area contributed by atoms with Crippen LogP contribution < -0.4 is 0 Å². The van der Waals surface area contributed by atoms with E-state index >= 15 is 0 Å². The molecule has 0 amide bonds. The van der Waals surface area contributed by atoms with Crippen molar-refractivity contribution in [2.75, 3.05) is 0 Å². The molecule has 9 nitrogen and oxygen atoms in total. The molecule has 0 fully saturated rings. The van der Waals surface area contributed by atoms with Crippen molar-refractivity contribution in [1.29, 1.82) is 0 Å². The molecule has 18 heavy (non-hydrogen) atoms. The van der Waals surface area contributed by atoms with E-state index < -0.39 is 31.8 Å². The SMILES string of the molecule is Cc1c(C)c([N+](=O)[O-])c([N+](=O)[O-])c([N+](=O)[O-])c1C. The van der Waals surface area contributed by atoms with Gasteiger partial charge in [-0.15, -0.1) is 0 Å². The average Bonchev–Trinajstić information content (AvgIpc) is 2.23. The lowest BCUT2D eigenvalue weighted by Crippen LogP contribution is -2.07. The Morgan fingerprint density at radius 1 is 0.611 bits per heavy atom. The van der Waals surface area contributed by atoms with Crippen LogP contribution in [0, 0.1) is 51.1 Å². The fourth-order valence-corrected chi connectivity index (χ4v) is 1.72. The summed E-state index contributed by atoms with van der Waals surface area (Å²) in [6, 6.07) is 0. The topological polar surface area (TPSA) is 129 Å². The number of nitrogens with zero attached hydrogens (tertiary/aromatic N) is 3. The van der Waals surface area contributed by atoms with Crippen LogP contribution in [0.15, 0.2) is 0 Å². The van der Waals surface area contributed by atoms with Crippen molar-refractivity contribution in [1.82, 2.24) is 0 Å². The van der Waals surface area contributed by atoms with Crippen LogP contribution in [0.5, 0.6) is 0 Å². The number of hydrogen-bond donors (Lipinski definition) is 0. The third kappa shape index (κ3) is 1.85. The van der Waals surface area contributed by atoms with Crippen LogP contribution in [-0.4, -0.2) is 14.8 Å². The molecule has 0 saturated carbocycles. The zero-order valence-corrected chi connectivity index (χ0v) is 9.79. The van der Waals surface area contributed by atoms with Gasteiger partial charge < -0.3 is 0 Å². The Morgan fingerprint density at radius 3 is 1.11 bits per heavy atom. The van der Waals surface area contributed by atoms with Gasteiger partial charge in [0.1, 0.15) is 0 Å². The van der Waals surface area contributed by atoms with Gasteiger partial charge in [-0.25, -0.2) is 0 Å². The van der Waals surface area contributed by atoms with Gasteiger partial charge in [0.05, 0.1) is 14.8 Å². The summed E-state index contributed by atoms with van der Waals surface area (Å²) in [7, 11) is 0. The van der Waals surface area contributed by atoms with E-state index in [0.717, 1.165) is 0 Å². The van der Waals surface area contributed by atoms with E-state index in [1.165, 1.54) is 20.8 Å². The van der Waals surface area contributed by atoms with E-state index in [1.807, 2.05) is 0 Å². The molecule has 0 atom stereocenters. The molecule has 0 aliphatic heterocycles. The Labute approximate surface area is 100 Å². The molecule has 96 valence electrons. The van der Waals surface area contributed by atoms with Crippen molar-refractivity contribution in [3.05, 3.63) is 47.0 Å². The number of hydrogen-bond acceptors (Lipinski definition) is 6. The van der Waals surface area contributed by atoms with E-state index in [9.17, 15) is 30.3 Å². The Balaban J connectivity index is 3.99. The van der Waals surface area contributed by atoms with Crippen LogP contribution in [-0.2, 0) is 0 Å². The first-order chi connectivity index (χ1) is 8.20. The maximum absolute atomic E-state index is 10.9. The Hall–Kier alpha value is -2.58. The highest BCUT2D eigenvalue weighted by molar-refractivity contribution is 5.74. The zero-order chi connectivity index (χ0) is 14.2. The molecule has 0 aliphatic carbocycles. The van der Waals surface area contributed by atoms with Gasteiger partial charge in [-0.05, 0) is 26.3 Å². The molecule has 0 aliphatic rings. The van der Waals surface area contributed by atoms with Crippen LogP contribution in [0.25, 0.3) is 0 Å². The fraction of sp³-hybridized carbons (Fsp3) is 0.333. The standard InChI is InChI=1S/C9H9N3O6/c1-4-5(2)7(10(13)14)9(12(17)18)8(6(4)3)11(15)16/h1-3H3. The first kappa shape index (κ1) is 13.5. The number of nitro groups is 3. The smallest absolute Gasteiger partial charge is 0.258 e. The highest BCUT2D eigenvalue weighted by Crippen LogP contribution is 2.43. The highest BCUT2D eigenvalue weighted by atomic mass is 16.6.